The average molecular weight is 434 g/mol. The Morgan fingerprint density at radius 3 is 2.56 bits per heavy atom. The third-order valence-corrected chi connectivity index (χ3v) is 8.28. The number of rotatable bonds is 6. The Morgan fingerprint density at radius 1 is 1.06 bits per heavy atom. The molecule has 5 rings (SSSR count). The van der Waals surface area contributed by atoms with Crippen molar-refractivity contribution in [2.24, 2.45) is 17.8 Å². The van der Waals surface area contributed by atoms with Gasteiger partial charge < -0.3 is 14.8 Å². The summed E-state index contributed by atoms with van der Waals surface area (Å²) in [6.07, 6.45) is 13.7. The molecular formula is C28H39N3O. The smallest absolute Gasteiger partial charge is 0.224 e. The summed E-state index contributed by atoms with van der Waals surface area (Å²) in [5, 5.41) is 3.24. The number of nitrogens with one attached hydrogen (secondary N) is 1. The zero-order valence-corrected chi connectivity index (χ0v) is 19.9. The number of hydrogen-bond acceptors (Lipinski definition) is 2. The number of carbonyl (C=O) groups is 1. The second kappa shape index (κ2) is 9.33. The number of hydrogen-bond donors (Lipinski definition) is 1. The summed E-state index contributed by atoms with van der Waals surface area (Å²) in [7, 11) is 0. The van der Waals surface area contributed by atoms with Crippen molar-refractivity contribution in [1.29, 1.82) is 0 Å². The molecule has 3 aliphatic rings. The average Bonchev–Trinajstić information content (AvgIpc) is 3.24. The van der Waals surface area contributed by atoms with Crippen molar-refractivity contribution in [3.63, 3.8) is 0 Å². The summed E-state index contributed by atoms with van der Waals surface area (Å²) in [6.45, 7) is 7.25. The number of anilines is 2. The van der Waals surface area contributed by atoms with E-state index in [0.29, 0.717) is 6.42 Å². The van der Waals surface area contributed by atoms with Gasteiger partial charge in [-0.3, -0.25) is 4.79 Å². The van der Waals surface area contributed by atoms with E-state index >= 15 is 0 Å². The highest BCUT2D eigenvalue weighted by molar-refractivity contribution is 5.92. The quantitative estimate of drug-likeness (QED) is 0.568. The molecule has 0 radical (unpaired) electrons. The van der Waals surface area contributed by atoms with Gasteiger partial charge in [0.25, 0.3) is 0 Å². The largest absolute Gasteiger partial charge is 0.364 e. The molecule has 4 nitrogen and oxygen atoms in total. The third-order valence-electron chi connectivity index (χ3n) is 8.28. The minimum atomic E-state index is 0.177. The van der Waals surface area contributed by atoms with Crippen molar-refractivity contribution in [2.75, 3.05) is 16.8 Å². The van der Waals surface area contributed by atoms with E-state index in [0.717, 1.165) is 60.6 Å². The van der Waals surface area contributed by atoms with Crippen molar-refractivity contribution in [3.8, 4) is 0 Å². The molecule has 32 heavy (non-hydrogen) atoms. The van der Waals surface area contributed by atoms with Crippen molar-refractivity contribution in [1.82, 2.24) is 4.57 Å². The van der Waals surface area contributed by atoms with Crippen molar-refractivity contribution in [3.05, 3.63) is 47.3 Å². The molecule has 2 fully saturated rings. The van der Waals surface area contributed by atoms with Crippen molar-refractivity contribution in [2.45, 2.75) is 84.7 Å². The molecule has 1 aromatic carbocycles. The number of aryl methyl sites for hydroxylation is 2. The molecule has 2 bridgehead atoms. The van der Waals surface area contributed by atoms with Crippen LogP contribution in [0.5, 0.6) is 0 Å². The molecule has 1 aromatic heterocycles. The first kappa shape index (κ1) is 21.6. The highest BCUT2D eigenvalue weighted by Gasteiger charge is 2.31. The number of carbonyl (C=O) groups excluding carboxylic acids is 1. The summed E-state index contributed by atoms with van der Waals surface area (Å²) < 4.78 is 2.34. The van der Waals surface area contributed by atoms with E-state index in [1.54, 1.807) is 0 Å². The second-order valence-electron chi connectivity index (χ2n) is 10.7. The van der Waals surface area contributed by atoms with Crippen LogP contribution in [0.2, 0.25) is 0 Å². The van der Waals surface area contributed by atoms with Crippen molar-refractivity contribution >= 4 is 17.3 Å². The van der Waals surface area contributed by atoms with Crippen LogP contribution in [0.4, 0.5) is 11.4 Å². The summed E-state index contributed by atoms with van der Waals surface area (Å²) in [5.74, 6) is 3.00. The molecule has 2 unspecified atom stereocenters. The maximum atomic E-state index is 12.7. The molecule has 1 aliphatic heterocycles. The number of benzene rings is 1. The van der Waals surface area contributed by atoms with Gasteiger partial charge in [-0.25, -0.2) is 0 Å². The van der Waals surface area contributed by atoms with Crippen LogP contribution in [0, 0.1) is 31.6 Å². The van der Waals surface area contributed by atoms with Crippen LogP contribution in [-0.4, -0.2) is 17.0 Å². The zero-order chi connectivity index (χ0) is 22.1. The third kappa shape index (κ3) is 4.74. The summed E-state index contributed by atoms with van der Waals surface area (Å²) in [6, 6.07) is 8.82. The normalized spacial score (nSPS) is 24.8. The Labute approximate surface area is 193 Å². The molecule has 4 heteroatoms. The first-order valence-corrected chi connectivity index (χ1v) is 12.8. The Morgan fingerprint density at radius 2 is 1.81 bits per heavy atom. The van der Waals surface area contributed by atoms with Crippen LogP contribution in [0.15, 0.2) is 30.5 Å². The SMILES string of the molecule is Cc1cc(N2CCn3cccc3C2)cc(C)c1NC(=O)CCCC1CC2CCCC(C1)C2. The Balaban J connectivity index is 1.14. The number of amides is 1. The predicted octanol–water partition coefficient (Wildman–Crippen LogP) is 6.45. The molecule has 2 aliphatic carbocycles. The molecule has 2 aromatic rings. The van der Waals surface area contributed by atoms with Crippen molar-refractivity contribution < 1.29 is 4.79 Å². The van der Waals surface area contributed by atoms with E-state index in [2.05, 4.69) is 59.1 Å². The molecule has 1 N–H and O–H groups in total. The standard InChI is InChI=1S/C28H39N3O/c1-20-14-26(31-13-12-30-11-5-9-25(30)19-31)15-21(2)28(20)29-27(32)10-4-8-24-17-22-6-3-7-23(16-22)18-24/h5,9,11,14-15,22-24H,3-4,6-8,10,12-13,16-19H2,1-2H3,(H,29,32). The van der Waals surface area contributed by atoms with E-state index in [9.17, 15) is 4.79 Å². The number of aromatic nitrogens is 1. The predicted molar refractivity (Wildman–Crippen MR) is 132 cm³/mol. The van der Waals surface area contributed by atoms with Crippen LogP contribution < -0.4 is 10.2 Å². The molecule has 0 saturated heterocycles. The summed E-state index contributed by atoms with van der Waals surface area (Å²) in [5.41, 5.74) is 5.95. The Kier molecular flexibility index (Phi) is 6.30. The summed E-state index contributed by atoms with van der Waals surface area (Å²) in [4.78, 5) is 15.2. The van der Waals surface area contributed by atoms with Gasteiger partial charge in [0, 0.05) is 42.8 Å². The molecule has 0 spiro atoms. The lowest BCUT2D eigenvalue weighted by Crippen LogP contribution is -2.33. The fraction of sp³-hybridized carbons (Fsp3) is 0.607. The minimum absolute atomic E-state index is 0.177. The number of fused-ring (bicyclic) bond motifs is 3. The van der Waals surface area contributed by atoms with Gasteiger partial charge in [0.15, 0.2) is 0 Å². The van der Waals surface area contributed by atoms with Gasteiger partial charge in [-0.2, -0.15) is 0 Å². The van der Waals surface area contributed by atoms with Gasteiger partial charge in [0.1, 0.15) is 0 Å². The summed E-state index contributed by atoms with van der Waals surface area (Å²) >= 11 is 0. The first-order valence-electron chi connectivity index (χ1n) is 12.8. The van der Waals surface area contributed by atoms with Gasteiger partial charge in [-0.1, -0.05) is 19.3 Å². The van der Waals surface area contributed by atoms with E-state index in [1.165, 1.54) is 56.3 Å². The highest BCUT2D eigenvalue weighted by Crippen LogP contribution is 2.44. The lowest BCUT2D eigenvalue weighted by atomic mass is 9.67. The lowest BCUT2D eigenvalue weighted by Gasteiger charge is -2.39. The fourth-order valence-corrected chi connectivity index (χ4v) is 6.71. The maximum absolute atomic E-state index is 12.7. The van der Waals surface area contributed by atoms with Crippen LogP contribution in [-0.2, 0) is 17.9 Å². The van der Waals surface area contributed by atoms with E-state index in [1.807, 2.05) is 0 Å². The Bertz CT molecular complexity index is 926. The fourth-order valence-electron chi connectivity index (χ4n) is 6.71. The molecular weight excluding hydrogens is 394 g/mol. The van der Waals surface area contributed by atoms with E-state index < -0.39 is 0 Å². The number of nitrogens with zero attached hydrogens (tertiary/aromatic N) is 2. The van der Waals surface area contributed by atoms with Crippen LogP contribution in [0.25, 0.3) is 0 Å². The van der Waals surface area contributed by atoms with E-state index in [4.69, 9.17) is 0 Å². The Hall–Kier alpha value is -2.23. The van der Waals surface area contributed by atoms with Crippen LogP contribution in [0.1, 0.15) is 74.6 Å². The monoisotopic (exact) mass is 433 g/mol. The van der Waals surface area contributed by atoms with Gasteiger partial charge in [0.05, 0.1) is 6.54 Å². The van der Waals surface area contributed by atoms with Crippen LogP contribution >= 0.6 is 0 Å². The molecule has 2 atom stereocenters. The van der Waals surface area contributed by atoms with Gasteiger partial charge in [-0.05, 0) is 99.1 Å². The first-order chi connectivity index (χ1) is 15.5. The van der Waals surface area contributed by atoms with Gasteiger partial charge in [-0.15, -0.1) is 0 Å². The minimum Gasteiger partial charge on any atom is -0.364 e. The highest BCUT2D eigenvalue weighted by atomic mass is 16.1. The van der Waals surface area contributed by atoms with Gasteiger partial charge in [0.2, 0.25) is 5.91 Å². The van der Waals surface area contributed by atoms with Crippen LogP contribution in [0.3, 0.4) is 0 Å². The molecule has 172 valence electrons. The van der Waals surface area contributed by atoms with Gasteiger partial charge >= 0.3 is 0 Å². The molecule has 2 heterocycles. The zero-order valence-electron chi connectivity index (χ0n) is 19.9. The molecule has 2 saturated carbocycles. The lowest BCUT2D eigenvalue weighted by molar-refractivity contribution is -0.116. The molecule has 1 amide bonds. The maximum Gasteiger partial charge on any atom is 0.224 e. The van der Waals surface area contributed by atoms with E-state index in [-0.39, 0.29) is 5.91 Å². The topological polar surface area (TPSA) is 37.3 Å². The second-order valence-corrected chi connectivity index (χ2v) is 10.7.